The Morgan fingerprint density at radius 2 is 1.35 bits per heavy atom. The highest BCUT2D eigenvalue weighted by Gasteiger charge is 2.30. The van der Waals surface area contributed by atoms with Crippen LogP contribution in [-0.2, 0) is 0 Å². The van der Waals surface area contributed by atoms with Crippen molar-refractivity contribution in [1.29, 1.82) is 0 Å². The molecule has 0 aromatic carbocycles. The van der Waals surface area contributed by atoms with Gasteiger partial charge in [-0.3, -0.25) is 0 Å². The minimum Gasteiger partial charge on any atom is -0.0654 e. The molecule has 0 atom stereocenters. The quantitative estimate of drug-likeness (QED) is 0.442. The van der Waals surface area contributed by atoms with Crippen molar-refractivity contribution in [3.8, 4) is 0 Å². The Morgan fingerprint density at radius 3 is 1.95 bits per heavy atom. The van der Waals surface area contributed by atoms with Crippen LogP contribution in [0.3, 0.4) is 0 Å². The lowest BCUT2D eigenvalue weighted by molar-refractivity contribution is 0.231. The molecule has 2 fully saturated rings. The third kappa shape index (κ3) is 5.08. The van der Waals surface area contributed by atoms with Gasteiger partial charge >= 0.3 is 0 Å². The first-order valence-electron chi connectivity index (χ1n) is 9.68. The van der Waals surface area contributed by atoms with Crippen LogP contribution in [0.4, 0.5) is 0 Å². The molecule has 0 aromatic rings. The molecule has 20 heavy (non-hydrogen) atoms. The van der Waals surface area contributed by atoms with Crippen molar-refractivity contribution < 1.29 is 0 Å². The summed E-state index contributed by atoms with van der Waals surface area (Å²) in [5.74, 6) is 5.15. The SMILES string of the molecule is CCCCC[C@H]1CC[C@H]([C]2CCC(CCC)CC2)CC1. The van der Waals surface area contributed by atoms with Gasteiger partial charge in [0.2, 0.25) is 0 Å². The largest absolute Gasteiger partial charge is 0.0654 e. The fourth-order valence-corrected chi connectivity index (χ4v) is 4.70. The van der Waals surface area contributed by atoms with E-state index in [-0.39, 0.29) is 0 Å². The molecular weight excluding hydrogens is 240 g/mol. The zero-order valence-electron chi connectivity index (χ0n) is 14.1. The second kappa shape index (κ2) is 9.11. The molecule has 2 aliphatic carbocycles. The minimum absolute atomic E-state index is 1.03. The first-order valence-corrected chi connectivity index (χ1v) is 9.68. The van der Waals surface area contributed by atoms with Crippen molar-refractivity contribution in [2.45, 2.75) is 104 Å². The summed E-state index contributed by atoms with van der Waals surface area (Å²) in [4.78, 5) is 0. The lowest BCUT2D eigenvalue weighted by Crippen LogP contribution is -2.24. The highest BCUT2D eigenvalue weighted by Crippen LogP contribution is 2.44. The average Bonchev–Trinajstić information content (AvgIpc) is 2.49. The number of rotatable bonds is 7. The molecule has 117 valence electrons. The Balaban J connectivity index is 1.62. The smallest absolute Gasteiger partial charge is 0.0210 e. The van der Waals surface area contributed by atoms with Crippen LogP contribution in [0.2, 0.25) is 0 Å². The fraction of sp³-hybridized carbons (Fsp3) is 0.950. The molecule has 2 aliphatic rings. The van der Waals surface area contributed by atoms with Gasteiger partial charge < -0.3 is 0 Å². The van der Waals surface area contributed by atoms with E-state index in [0.29, 0.717) is 0 Å². The third-order valence-electron chi connectivity index (χ3n) is 6.08. The maximum absolute atomic E-state index is 2.35. The molecule has 0 aromatic heterocycles. The molecule has 0 unspecified atom stereocenters. The van der Waals surface area contributed by atoms with Gasteiger partial charge in [0.05, 0.1) is 0 Å². The van der Waals surface area contributed by atoms with Gasteiger partial charge in [-0.05, 0) is 62.2 Å². The van der Waals surface area contributed by atoms with E-state index in [1.165, 1.54) is 89.9 Å². The van der Waals surface area contributed by atoms with Crippen LogP contribution in [0.5, 0.6) is 0 Å². The van der Waals surface area contributed by atoms with Crippen molar-refractivity contribution in [3.05, 3.63) is 5.92 Å². The van der Waals surface area contributed by atoms with E-state index in [9.17, 15) is 0 Å². The summed E-state index contributed by atoms with van der Waals surface area (Å²) in [7, 11) is 0. The van der Waals surface area contributed by atoms with Gasteiger partial charge in [-0.2, -0.15) is 0 Å². The minimum atomic E-state index is 1.03. The molecule has 1 radical (unpaired) electrons. The highest BCUT2D eigenvalue weighted by atomic mass is 14.4. The highest BCUT2D eigenvalue weighted by molar-refractivity contribution is 5.01. The first-order chi connectivity index (χ1) is 9.83. The van der Waals surface area contributed by atoms with Crippen LogP contribution in [0.15, 0.2) is 0 Å². The molecule has 0 amide bonds. The third-order valence-corrected chi connectivity index (χ3v) is 6.08. The normalized spacial score (nSPS) is 29.7. The van der Waals surface area contributed by atoms with Crippen LogP contribution >= 0.6 is 0 Å². The van der Waals surface area contributed by atoms with Gasteiger partial charge in [-0.25, -0.2) is 0 Å². The van der Waals surface area contributed by atoms with E-state index < -0.39 is 0 Å². The van der Waals surface area contributed by atoms with E-state index in [2.05, 4.69) is 13.8 Å². The van der Waals surface area contributed by atoms with Crippen molar-refractivity contribution in [3.63, 3.8) is 0 Å². The summed E-state index contributed by atoms with van der Waals surface area (Å²) in [6, 6.07) is 0. The zero-order chi connectivity index (χ0) is 14.2. The maximum atomic E-state index is 2.35. The predicted molar refractivity (Wildman–Crippen MR) is 89.7 cm³/mol. The van der Waals surface area contributed by atoms with Crippen LogP contribution in [0.1, 0.15) is 104 Å². The summed E-state index contributed by atoms with van der Waals surface area (Å²) < 4.78 is 0. The Bertz CT molecular complexity index is 228. The van der Waals surface area contributed by atoms with Crippen LogP contribution in [0.25, 0.3) is 0 Å². The van der Waals surface area contributed by atoms with E-state index in [4.69, 9.17) is 0 Å². The molecule has 0 spiro atoms. The summed E-state index contributed by atoms with van der Waals surface area (Å²) in [5, 5.41) is 0. The Hall–Kier alpha value is 0. The van der Waals surface area contributed by atoms with Crippen molar-refractivity contribution in [2.75, 3.05) is 0 Å². The van der Waals surface area contributed by atoms with Gasteiger partial charge in [-0.1, -0.05) is 65.2 Å². The summed E-state index contributed by atoms with van der Waals surface area (Å²) in [5.41, 5.74) is 0. The maximum Gasteiger partial charge on any atom is -0.0210 e. The summed E-state index contributed by atoms with van der Waals surface area (Å²) >= 11 is 0. The standard InChI is InChI=1S/C20H37/c1-3-5-6-8-18-11-15-20(16-12-18)19-13-9-17(7-4-2)10-14-19/h17-18,20H,3-16H2,1-2H3/t18-,20-. The monoisotopic (exact) mass is 277 g/mol. The molecular formula is C20H37. The Labute approximate surface area is 128 Å². The van der Waals surface area contributed by atoms with Crippen molar-refractivity contribution >= 4 is 0 Å². The van der Waals surface area contributed by atoms with Gasteiger partial charge in [0.1, 0.15) is 0 Å². The average molecular weight is 278 g/mol. The number of hydrogen-bond acceptors (Lipinski definition) is 0. The molecule has 0 heterocycles. The van der Waals surface area contributed by atoms with Crippen LogP contribution in [0, 0.1) is 23.7 Å². The van der Waals surface area contributed by atoms with E-state index in [0.717, 1.165) is 17.8 Å². The topological polar surface area (TPSA) is 0 Å². The van der Waals surface area contributed by atoms with Crippen molar-refractivity contribution in [1.82, 2.24) is 0 Å². The van der Waals surface area contributed by atoms with Crippen LogP contribution < -0.4 is 0 Å². The van der Waals surface area contributed by atoms with E-state index in [1.54, 1.807) is 0 Å². The molecule has 0 nitrogen and oxygen atoms in total. The summed E-state index contributed by atoms with van der Waals surface area (Å²) in [6.07, 6.45) is 20.9. The molecule has 0 saturated heterocycles. The summed E-state index contributed by atoms with van der Waals surface area (Å²) in [6.45, 7) is 4.67. The molecule has 0 N–H and O–H groups in total. The van der Waals surface area contributed by atoms with Crippen molar-refractivity contribution in [2.24, 2.45) is 17.8 Å². The zero-order valence-corrected chi connectivity index (χ0v) is 14.1. The van der Waals surface area contributed by atoms with Gasteiger partial charge in [0, 0.05) is 0 Å². The van der Waals surface area contributed by atoms with E-state index >= 15 is 0 Å². The lowest BCUT2D eigenvalue weighted by Gasteiger charge is -2.37. The van der Waals surface area contributed by atoms with E-state index in [1.807, 2.05) is 5.92 Å². The number of unbranched alkanes of at least 4 members (excludes halogenated alkanes) is 2. The molecule has 2 rings (SSSR count). The predicted octanol–water partition coefficient (Wildman–Crippen LogP) is 6.94. The molecule has 0 heteroatoms. The van der Waals surface area contributed by atoms with Gasteiger partial charge in [0.25, 0.3) is 0 Å². The Morgan fingerprint density at radius 1 is 0.700 bits per heavy atom. The van der Waals surface area contributed by atoms with Gasteiger partial charge in [0.15, 0.2) is 0 Å². The molecule has 0 aliphatic heterocycles. The fourth-order valence-electron chi connectivity index (χ4n) is 4.70. The number of hydrogen-bond donors (Lipinski definition) is 0. The Kier molecular flexibility index (Phi) is 7.45. The molecule has 0 bridgehead atoms. The van der Waals surface area contributed by atoms with Crippen LogP contribution in [-0.4, -0.2) is 0 Å². The molecule has 2 saturated carbocycles. The second-order valence-corrected chi connectivity index (χ2v) is 7.60. The first kappa shape index (κ1) is 16.4. The van der Waals surface area contributed by atoms with Gasteiger partial charge in [-0.15, -0.1) is 0 Å². The lowest BCUT2D eigenvalue weighted by atomic mass is 9.68. The second-order valence-electron chi connectivity index (χ2n) is 7.60.